The van der Waals surface area contributed by atoms with E-state index in [1.165, 1.54) is 0 Å². The summed E-state index contributed by atoms with van der Waals surface area (Å²) in [5, 5.41) is 2.95. The second-order valence-corrected chi connectivity index (χ2v) is 6.63. The lowest BCUT2D eigenvalue weighted by Crippen LogP contribution is -2.48. The summed E-state index contributed by atoms with van der Waals surface area (Å²) in [7, 11) is 0. The predicted molar refractivity (Wildman–Crippen MR) is 80.1 cm³/mol. The van der Waals surface area contributed by atoms with E-state index in [-0.39, 0.29) is 23.1 Å². The largest absolute Gasteiger partial charge is 0.356 e. The van der Waals surface area contributed by atoms with Crippen LogP contribution in [0.3, 0.4) is 0 Å². The minimum atomic E-state index is -0.376. The molecule has 1 aliphatic rings. The first-order valence-corrected chi connectivity index (χ1v) is 7.63. The number of carbonyl (C=O) groups is 2. The van der Waals surface area contributed by atoms with Crippen LogP contribution in [0.5, 0.6) is 0 Å². The van der Waals surface area contributed by atoms with Crippen molar-refractivity contribution >= 4 is 11.8 Å². The fourth-order valence-electron chi connectivity index (χ4n) is 2.48. The molecule has 3 N–H and O–H groups in total. The third kappa shape index (κ3) is 5.12. The summed E-state index contributed by atoms with van der Waals surface area (Å²) in [6.45, 7) is 8.43. The maximum absolute atomic E-state index is 12.3. The second-order valence-electron chi connectivity index (χ2n) is 6.63. The molecule has 1 aliphatic heterocycles. The number of hydrogen-bond donors (Lipinski definition) is 2. The molecule has 116 valence electrons. The molecule has 0 aliphatic carbocycles. The van der Waals surface area contributed by atoms with Gasteiger partial charge in [0.2, 0.25) is 11.8 Å². The van der Waals surface area contributed by atoms with Crippen LogP contribution in [0.15, 0.2) is 0 Å². The fourth-order valence-corrected chi connectivity index (χ4v) is 2.48. The summed E-state index contributed by atoms with van der Waals surface area (Å²) in [5.74, 6) is 0.152. The van der Waals surface area contributed by atoms with Crippen molar-refractivity contribution in [1.82, 2.24) is 10.2 Å². The first-order valence-electron chi connectivity index (χ1n) is 7.63. The van der Waals surface area contributed by atoms with Crippen molar-refractivity contribution < 1.29 is 9.59 Å². The van der Waals surface area contributed by atoms with Crippen molar-refractivity contribution in [3.63, 3.8) is 0 Å². The Hall–Kier alpha value is -1.10. The number of nitrogens with zero attached hydrogens (tertiary/aromatic N) is 1. The number of carbonyl (C=O) groups excluding carboxylic acids is 2. The van der Waals surface area contributed by atoms with E-state index in [4.69, 9.17) is 5.73 Å². The number of piperidine rings is 1. The molecule has 0 radical (unpaired) electrons. The van der Waals surface area contributed by atoms with Gasteiger partial charge in [0.1, 0.15) is 0 Å². The molecule has 1 fully saturated rings. The van der Waals surface area contributed by atoms with Crippen molar-refractivity contribution in [2.45, 2.75) is 46.5 Å². The smallest absolute Gasteiger partial charge is 0.227 e. The van der Waals surface area contributed by atoms with E-state index in [2.05, 4.69) is 5.32 Å². The van der Waals surface area contributed by atoms with Crippen molar-refractivity contribution in [2.75, 3.05) is 26.2 Å². The van der Waals surface area contributed by atoms with Gasteiger partial charge in [0.15, 0.2) is 0 Å². The highest BCUT2D eigenvalue weighted by Gasteiger charge is 2.33. The van der Waals surface area contributed by atoms with Gasteiger partial charge in [-0.3, -0.25) is 9.59 Å². The number of nitrogens with two attached hydrogens (primary N) is 1. The molecule has 5 nitrogen and oxygen atoms in total. The molecule has 5 heteroatoms. The molecule has 1 atom stereocenters. The molecule has 0 aromatic heterocycles. The lowest BCUT2D eigenvalue weighted by atomic mass is 9.91. The summed E-state index contributed by atoms with van der Waals surface area (Å²) in [6, 6.07) is 0. The zero-order valence-electron chi connectivity index (χ0n) is 13.1. The van der Waals surface area contributed by atoms with Gasteiger partial charge in [0.25, 0.3) is 0 Å². The number of unbranched alkanes of at least 4 members (excludes halogenated alkanes) is 1. The maximum Gasteiger partial charge on any atom is 0.227 e. The molecular weight excluding hydrogens is 254 g/mol. The third-order valence-corrected chi connectivity index (χ3v) is 3.65. The summed E-state index contributed by atoms with van der Waals surface area (Å²) >= 11 is 0. The van der Waals surface area contributed by atoms with Gasteiger partial charge in [-0.2, -0.15) is 0 Å². The molecule has 1 heterocycles. The normalized spacial score (nSPS) is 19.8. The molecule has 0 aromatic carbocycles. The molecule has 0 bridgehead atoms. The van der Waals surface area contributed by atoms with E-state index in [9.17, 15) is 9.59 Å². The van der Waals surface area contributed by atoms with Crippen molar-refractivity contribution in [2.24, 2.45) is 17.1 Å². The van der Waals surface area contributed by atoms with E-state index in [0.717, 1.165) is 32.2 Å². The SMILES string of the molecule is CC(C)(C)C(=O)N1CCCC(C(=O)NCCCCN)C1. The van der Waals surface area contributed by atoms with Gasteiger partial charge in [0.05, 0.1) is 5.92 Å². The van der Waals surface area contributed by atoms with Crippen molar-refractivity contribution in [1.29, 1.82) is 0 Å². The lowest BCUT2D eigenvalue weighted by Gasteiger charge is -2.35. The zero-order chi connectivity index (χ0) is 15.2. The molecule has 2 amide bonds. The van der Waals surface area contributed by atoms with Gasteiger partial charge in [-0.1, -0.05) is 20.8 Å². The molecule has 0 aromatic rings. The number of amides is 2. The lowest BCUT2D eigenvalue weighted by molar-refractivity contribution is -0.142. The van der Waals surface area contributed by atoms with Crippen molar-refractivity contribution in [3.8, 4) is 0 Å². The Bertz CT molecular complexity index is 337. The average Bonchev–Trinajstić information content (AvgIpc) is 2.41. The molecular formula is C15H29N3O2. The van der Waals surface area contributed by atoms with Crippen LogP contribution in [0.25, 0.3) is 0 Å². The molecule has 1 saturated heterocycles. The Labute approximate surface area is 122 Å². The van der Waals surface area contributed by atoms with Crippen LogP contribution >= 0.6 is 0 Å². The van der Waals surface area contributed by atoms with E-state index < -0.39 is 0 Å². The first kappa shape index (κ1) is 17.0. The Morgan fingerprint density at radius 2 is 2.00 bits per heavy atom. The summed E-state index contributed by atoms with van der Waals surface area (Å²) < 4.78 is 0. The number of likely N-dealkylation sites (tertiary alicyclic amines) is 1. The summed E-state index contributed by atoms with van der Waals surface area (Å²) in [4.78, 5) is 26.2. The van der Waals surface area contributed by atoms with Gasteiger partial charge < -0.3 is 16.0 Å². The summed E-state index contributed by atoms with van der Waals surface area (Å²) in [5.41, 5.74) is 5.05. The van der Waals surface area contributed by atoms with Crippen LogP contribution in [-0.4, -0.2) is 42.9 Å². The quantitative estimate of drug-likeness (QED) is 0.743. The van der Waals surface area contributed by atoms with E-state index in [1.54, 1.807) is 0 Å². The minimum Gasteiger partial charge on any atom is -0.356 e. The zero-order valence-corrected chi connectivity index (χ0v) is 13.1. The van der Waals surface area contributed by atoms with Gasteiger partial charge in [-0.15, -0.1) is 0 Å². The highest BCUT2D eigenvalue weighted by Crippen LogP contribution is 2.23. The molecule has 0 spiro atoms. The third-order valence-electron chi connectivity index (χ3n) is 3.65. The van der Waals surface area contributed by atoms with Crippen LogP contribution in [0.2, 0.25) is 0 Å². The standard InChI is InChI=1S/C15H29N3O2/c1-15(2,3)14(20)18-10-6-7-12(11-18)13(19)17-9-5-4-8-16/h12H,4-11,16H2,1-3H3,(H,17,19). The predicted octanol–water partition coefficient (Wildman–Crippen LogP) is 1.13. The van der Waals surface area contributed by atoms with Crippen LogP contribution in [0.1, 0.15) is 46.5 Å². The number of rotatable bonds is 5. The van der Waals surface area contributed by atoms with Gasteiger partial charge in [-0.25, -0.2) is 0 Å². The molecule has 20 heavy (non-hydrogen) atoms. The highest BCUT2D eigenvalue weighted by atomic mass is 16.2. The molecule has 1 rings (SSSR count). The van der Waals surface area contributed by atoms with Crippen LogP contribution in [0, 0.1) is 11.3 Å². The average molecular weight is 283 g/mol. The monoisotopic (exact) mass is 283 g/mol. The van der Waals surface area contributed by atoms with E-state index in [1.807, 2.05) is 25.7 Å². The highest BCUT2D eigenvalue weighted by molar-refractivity contribution is 5.83. The van der Waals surface area contributed by atoms with Crippen molar-refractivity contribution in [3.05, 3.63) is 0 Å². The van der Waals surface area contributed by atoms with Crippen LogP contribution in [0.4, 0.5) is 0 Å². The Kier molecular flexibility index (Phi) is 6.46. The second kappa shape index (κ2) is 7.62. The Morgan fingerprint density at radius 3 is 2.60 bits per heavy atom. The van der Waals surface area contributed by atoms with Gasteiger partial charge >= 0.3 is 0 Å². The molecule has 0 saturated carbocycles. The maximum atomic E-state index is 12.3. The van der Waals surface area contributed by atoms with Gasteiger partial charge in [-0.05, 0) is 32.2 Å². The van der Waals surface area contributed by atoms with Gasteiger partial charge in [0, 0.05) is 25.0 Å². The fraction of sp³-hybridized carbons (Fsp3) is 0.867. The topological polar surface area (TPSA) is 75.4 Å². The van der Waals surface area contributed by atoms with E-state index in [0.29, 0.717) is 19.6 Å². The van der Waals surface area contributed by atoms with Crippen LogP contribution in [-0.2, 0) is 9.59 Å². The first-order chi connectivity index (χ1) is 9.36. The number of nitrogens with one attached hydrogen (secondary N) is 1. The van der Waals surface area contributed by atoms with Crippen LogP contribution < -0.4 is 11.1 Å². The number of hydrogen-bond acceptors (Lipinski definition) is 3. The molecule has 1 unspecified atom stereocenters. The minimum absolute atomic E-state index is 0.0621. The Balaban J connectivity index is 2.44. The van der Waals surface area contributed by atoms with E-state index >= 15 is 0 Å². The summed E-state index contributed by atoms with van der Waals surface area (Å²) in [6.07, 6.45) is 3.62. The Morgan fingerprint density at radius 1 is 1.30 bits per heavy atom.